The van der Waals surface area contributed by atoms with Crippen molar-refractivity contribution in [3.63, 3.8) is 0 Å². The second-order valence-corrected chi connectivity index (χ2v) is 8.63. The molecule has 0 atom stereocenters. The lowest BCUT2D eigenvalue weighted by Gasteiger charge is -2.03. The SMILES string of the molecule is C1=CC=CC=CCCCCCCCCCCCCCCCCCCC=CC=CC=C1. The Bertz CT molecular complexity index is 464. The molecule has 1 aliphatic carbocycles. The zero-order valence-electron chi connectivity index (χ0n) is 19.7. The van der Waals surface area contributed by atoms with Crippen LogP contribution in [0, 0.1) is 0 Å². The Balaban J connectivity index is 2.24. The lowest BCUT2D eigenvalue weighted by molar-refractivity contribution is 0.528. The van der Waals surface area contributed by atoms with Crippen LogP contribution in [0.15, 0.2) is 72.9 Å². The summed E-state index contributed by atoms with van der Waals surface area (Å²) in [4.78, 5) is 0. The van der Waals surface area contributed by atoms with Gasteiger partial charge >= 0.3 is 0 Å². The third-order valence-electron chi connectivity index (χ3n) is 5.76. The van der Waals surface area contributed by atoms with Crippen molar-refractivity contribution in [2.24, 2.45) is 0 Å². The molecule has 168 valence electrons. The van der Waals surface area contributed by atoms with Crippen molar-refractivity contribution in [1.82, 2.24) is 0 Å². The molecule has 0 heteroatoms. The molecular weight excluding hydrogens is 360 g/mol. The first-order chi connectivity index (χ1) is 15.0. The minimum Gasteiger partial charge on any atom is -0.0845 e. The van der Waals surface area contributed by atoms with Crippen LogP contribution in [0.25, 0.3) is 0 Å². The second-order valence-electron chi connectivity index (χ2n) is 8.63. The van der Waals surface area contributed by atoms with Crippen LogP contribution in [0.4, 0.5) is 0 Å². The molecule has 1 aliphatic rings. The van der Waals surface area contributed by atoms with E-state index in [1.165, 1.54) is 116 Å². The zero-order chi connectivity index (χ0) is 21.2. The third-order valence-corrected chi connectivity index (χ3v) is 5.76. The van der Waals surface area contributed by atoms with Crippen LogP contribution in [-0.2, 0) is 0 Å². The highest BCUT2D eigenvalue weighted by Gasteiger charge is 1.94. The maximum Gasteiger partial charge on any atom is -0.0348 e. The van der Waals surface area contributed by atoms with E-state index in [0.717, 1.165) is 0 Å². The highest BCUT2D eigenvalue weighted by Crippen LogP contribution is 2.14. The molecule has 0 aromatic carbocycles. The first-order valence-electron chi connectivity index (χ1n) is 13.0. The monoisotopic (exact) mass is 408 g/mol. The Hall–Kier alpha value is -1.56. The molecule has 0 heterocycles. The molecule has 0 fully saturated rings. The Morgan fingerprint density at radius 3 is 0.667 bits per heavy atom. The lowest BCUT2D eigenvalue weighted by atomic mass is 10.0. The average Bonchev–Trinajstić information content (AvgIpc) is 2.76. The molecule has 0 aromatic rings. The van der Waals surface area contributed by atoms with E-state index in [1.807, 2.05) is 0 Å². The fourth-order valence-electron chi connectivity index (χ4n) is 3.86. The van der Waals surface area contributed by atoms with Gasteiger partial charge in [-0.1, -0.05) is 163 Å². The van der Waals surface area contributed by atoms with Gasteiger partial charge in [0, 0.05) is 0 Å². The molecule has 0 unspecified atom stereocenters. The molecule has 0 radical (unpaired) electrons. The fraction of sp³-hybridized carbons (Fsp3) is 0.600. The van der Waals surface area contributed by atoms with Crippen LogP contribution in [0.1, 0.15) is 116 Å². The van der Waals surface area contributed by atoms with Gasteiger partial charge in [-0.05, 0) is 25.7 Å². The van der Waals surface area contributed by atoms with Gasteiger partial charge in [0.15, 0.2) is 0 Å². The van der Waals surface area contributed by atoms with Crippen LogP contribution >= 0.6 is 0 Å². The van der Waals surface area contributed by atoms with Crippen molar-refractivity contribution < 1.29 is 0 Å². The summed E-state index contributed by atoms with van der Waals surface area (Å²) in [6.07, 6.45) is 51.0. The van der Waals surface area contributed by atoms with E-state index in [2.05, 4.69) is 72.9 Å². The van der Waals surface area contributed by atoms with E-state index < -0.39 is 0 Å². The highest BCUT2D eigenvalue weighted by atomic mass is 14.0. The maximum atomic E-state index is 2.30. The molecule has 1 rings (SSSR count). The van der Waals surface area contributed by atoms with Crippen LogP contribution < -0.4 is 0 Å². The predicted octanol–water partition coefficient (Wildman–Crippen LogP) is 10.4. The quantitative estimate of drug-likeness (QED) is 0.374. The van der Waals surface area contributed by atoms with Gasteiger partial charge in [-0.25, -0.2) is 0 Å². The van der Waals surface area contributed by atoms with E-state index >= 15 is 0 Å². The van der Waals surface area contributed by atoms with E-state index in [4.69, 9.17) is 0 Å². The van der Waals surface area contributed by atoms with E-state index in [0.29, 0.717) is 0 Å². The Morgan fingerprint density at radius 1 is 0.200 bits per heavy atom. The second kappa shape index (κ2) is 23.7. The third kappa shape index (κ3) is 21.2. The summed E-state index contributed by atoms with van der Waals surface area (Å²) in [6.45, 7) is 0. The Kier molecular flexibility index (Phi) is 20.9. The van der Waals surface area contributed by atoms with E-state index in [-0.39, 0.29) is 0 Å². The summed E-state index contributed by atoms with van der Waals surface area (Å²) < 4.78 is 0. The molecule has 0 saturated heterocycles. The average molecular weight is 409 g/mol. The predicted molar refractivity (Wildman–Crippen MR) is 138 cm³/mol. The number of hydrogen-bond donors (Lipinski definition) is 0. The van der Waals surface area contributed by atoms with Crippen molar-refractivity contribution in [2.45, 2.75) is 116 Å². The van der Waals surface area contributed by atoms with Crippen molar-refractivity contribution in [3.8, 4) is 0 Å². The van der Waals surface area contributed by atoms with Crippen molar-refractivity contribution >= 4 is 0 Å². The lowest BCUT2D eigenvalue weighted by Crippen LogP contribution is -1.83. The summed E-state index contributed by atoms with van der Waals surface area (Å²) in [6, 6.07) is 0. The van der Waals surface area contributed by atoms with E-state index in [1.54, 1.807) is 0 Å². The van der Waals surface area contributed by atoms with Crippen LogP contribution in [-0.4, -0.2) is 0 Å². The molecule has 0 spiro atoms. The molecule has 0 bridgehead atoms. The molecule has 0 N–H and O–H groups in total. The molecule has 0 aliphatic heterocycles. The number of allylic oxidation sites excluding steroid dienone is 12. The highest BCUT2D eigenvalue weighted by molar-refractivity contribution is 5.19. The first-order valence-corrected chi connectivity index (χ1v) is 13.0. The summed E-state index contributed by atoms with van der Waals surface area (Å²) in [5, 5.41) is 0. The standard InChI is InChI=1S/C30H48/c1-2-4-6-8-10-12-14-16-18-20-22-24-26-28-30-29-27-25-23-21-19-17-15-13-11-9-7-5-3-1/h1-12H,13-30H2. The maximum absolute atomic E-state index is 2.30. The largest absolute Gasteiger partial charge is 0.0845 e. The fourth-order valence-corrected chi connectivity index (χ4v) is 3.86. The summed E-state index contributed by atoms with van der Waals surface area (Å²) in [5.41, 5.74) is 0. The number of hydrogen-bond acceptors (Lipinski definition) is 0. The zero-order valence-corrected chi connectivity index (χ0v) is 19.7. The summed E-state index contributed by atoms with van der Waals surface area (Å²) in [5.74, 6) is 0. The van der Waals surface area contributed by atoms with Crippen LogP contribution in [0.2, 0.25) is 0 Å². The van der Waals surface area contributed by atoms with Crippen molar-refractivity contribution in [2.75, 3.05) is 0 Å². The molecule has 30 heavy (non-hydrogen) atoms. The normalized spacial score (nSPS) is 20.8. The topological polar surface area (TPSA) is 0 Å². The van der Waals surface area contributed by atoms with Gasteiger partial charge in [0.1, 0.15) is 0 Å². The number of rotatable bonds is 0. The van der Waals surface area contributed by atoms with E-state index in [9.17, 15) is 0 Å². The summed E-state index contributed by atoms with van der Waals surface area (Å²) in [7, 11) is 0. The molecule has 0 aromatic heterocycles. The van der Waals surface area contributed by atoms with Gasteiger partial charge < -0.3 is 0 Å². The minimum atomic E-state index is 1.21. The van der Waals surface area contributed by atoms with Crippen LogP contribution in [0.5, 0.6) is 0 Å². The Labute approximate surface area is 188 Å². The van der Waals surface area contributed by atoms with Gasteiger partial charge in [0.25, 0.3) is 0 Å². The molecule has 0 nitrogen and oxygen atoms in total. The molecule has 0 amide bonds. The van der Waals surface area contributed by atoms with Crippen molar-refractivity contribution in [3.05, 3.63) is 72.9 Å². The minimum absolute atomic E-state index is 1.21. The van der Waals surface area contributed by atoms with Gasteiger partial charge in [-0.15, -0.1) is 0 Å². The van der Waals surface area contributed by atoms with Gasteiger partial charge in [-0.3, -0.25) is 0 Å². The molecular formula is C30H48. The Morgan fingerprint density at radius 2 is 0.400 bits per heavy atom. The van der Waals surface area contributed by atoms with Crippen molar-refractivity contribution in [1.29, 1.82) is 0 Å². The summed E-state index contributed by atoms with van der Waals surface area (Å²) >= 11 is 0. The smallest absolute Gasteiger partial charge is 0.0348 e. The van der Waals surface area contributed by atoms with Gasteiger partial charge in [0.2, 0.25) is 0 Å². The van der Waals surface area contributed by atoms with Gasteiger partial charge in [-0.2, -0.15) is 0 Å². The first kappa shape index (κ1) is 26.5. The molecule has 0 saturated carbocycles. The van der Waals surface area contributed by atoms with Gasteiger partial charge in [0.05, 0.1) is 0 Å². The van der Waals surface area contributed by atoms with Crippen LogP contribution in [0.3, 0.4) is 0 Å².